The Labute approximate surface area is 97.8 Å². The van der Waals surface area contributed by atoms with Crippen LogP contribution in [0.5, 0.6) is 0 Å². The van der Waals surface area contributed by atoms with E-state index in [1.54, 1.807) is 0 Å². The van der Waals surface area contributed by atoms with E-state index >= 15 is 0 Å². The van der Waals surface area contributed by atoms with Gasteiger partial charge in [-0.15, -0.1) is 0 Å². The second-order valence-corrected chi connectivity index (χ2v) is 3.26. The van der Waals surface area contributed by atoms with E-state index in [9.17, 15) is 0 Å². The van der Waals surface area contributed by atoms with Crippen molar-refractivity contribution < 1.29 is 14.3 Å². The first-order valence-electron chi connectivity index (χ1n) is 4.08. The third kappa shape index (κ3) is 13.9. The van der Waals surface area contributed by atoms with E-state index < -0.39 is 8.60 Å². The van der Waals surface area contributed by atoms with Crippen LogP contribution in [0, 0.1) is 0 Å². The van der Waals surface area contributed by atoms with Crippen LogP contribution in [0.2, 0.25) is 0 Å². The van der Waals surface area contributed by atoms with Crippen molar-refractivity contribution in [2.24, 2.45) is 0 Å². The Morgan fingerprint density at radius 1 is 1.08 bits per heavy atom. The number of hydrogen-bond acceptors (Lipinski definition) is 3. The van der Waals surface area contributed by atoms with Gasteiger partial charge < -0.3 is 14.3 Å². The van der Waals surface area contributed by atoms with Gasteiger partial charge in [0, 0.05) is 0 Å². The number of hydrogen-bond donors (Lipinski definition) is 2. The monoisotopic (exact) mass is 204 g/mol. The van der Waals surface area contributed by atoms with Crippen LogP contribution in [-0.2, 0) is 4.52 Å². The topological polar surface area (TPSA) is 49.7 Å². The maximum absolute atomic E-state index is 8.35. The van der Waals surface area contributed by atoms with Crippen molar-refractivity contribution in [2.45, 2.75) is 39.0 Å². The molecule has 0 unspecified atom stereocenters. The molecule has 0 aliphatic heterocycles. The molecule has 0 aliphatic rings. The summed E-state index contributed by atoms with van der Waals surface area (Å²) in [4.78, 5) is 16.7. The fourth-order valence-electron chi connectivity index (χ4n) is 0.852. The van der Waals surface area contributed by atoms with Crippen LogP contribution >= 0.6 is 8.60 Å². The molecule has 12 heavy (non-hydrogen) atoms. The maximum atomic E-state index is 8.35. The molecule has 2 N–H and O–H groups in total. The summed E-state index contributed by atoms with van der Waals surface area (Å²) in [6, 6.07) is 0. The van der Waals surface area contributed by atoms with Crippen LogP contribution in [0.15, 0.2) is 0 Å². The van der Waals surface area contributed by atoms with Crippen LogP contribution in [0.4, 0.5) is 0 Å². The third-order valence-corrected chi connectivity index (χ3v) is 1.87. The second-order valence-electron chi connectivity index (χ2n) is 2.50. The Morgan fingerprint density at radius 2 is 1.67 bits per heavy atom. The minimum atomic E-state index is -2.12. The summed E-state index contributed by atoms with van der Waals surface area (Å²) in [5.41, 5.74) is 0. The molecule has 0 atom stereocenters. The number of rotatable bonds is 7. The molecule has 0 aromatic carbocycles. The van der Waals surface area contributed by atoms with E-state index in [0.717, 1.165) is 12.8 Å². The van der Waals surface area contributed by atoms with Gasteiger partial charge in [0.15, 0.2) is 0 Å². The van der Waals surface area contributed by atoms with E-state index in [0.29, 0.717) is 6.61 Å². The molecule has 0 heterocycles. The average Bonchev–Trinajstić information content (AvgIpc) is 1.96. The normalized spacial score (nSPS) is 10.0. The molecule has 0 aromatic rings. The van der Waals surface area contributed by atoms with Crippen molar-refractivity contribution in [2.75, 3.05) is 6.61 Å². The van der Waals surface area contributed by atoms with Crippen molar-refractivity contribution in [1.82, 2.24) is 0 Å². The van der Waals surface area contributed by atoms with Gasteiger partial charge in [0.25, 0.3) is 0 Å². The van der Waals surface area contributed by atoms with E-state index in [4.69, 9.17) is 9.79 Å². The molecule has 0 amide bonds. The quantitative estimate of drug-likeness (QED) is 0.375. The van der Waals surface area contributed by atoms with Crippen LogP contribution in [0.3, 0.4) is 0 Å². The second kappa shape index (κ2) is 12.3. The zero-order valence-electron chi connectivity index (χ0n) is 6.99. The van der Waals surface area contributed by atoms with Crippen LogP contribution in [0.25, 0.3) is 0 Å². The predicted molar refractivity (Wildman–Crippen MR) is 53.2 cm³/mol. The van der Waals surface area contributed by atoms with Gasteiger partial charge in [-0.3, -0.25) is 0 Å². The summed E-state index contributed by atoms with van der Waals surface area (Å²) < 4.78 is 4.60. The van der Waals surface area contributed by atoms with Gasteiger partial charge in [-0.2, -0.15) is 0 Å². The molecule has 0 radical (unpaired) electrons. The van der Waals surface area contributed by atoms with Crippen LogP contribution in [-0.4, -0.2) is 46.0 Å². The van der Waals surface area contributed by atoms with Crippen LogP contribution < -0.4 is 0 Å². The predicted octanol–water partition coefficient (Wildman–Crippen LogP) is 1.54. The molecular formula is C7H18NaO3P. The summed E-state index contributed by atoms with van der Waals surface area (Å²) in [7, 11) is -2.12. The molecule has 0 spiro atoms. The van der Waals surface area contributed by atoms with Gasteiger partial charge in [0.05, 0.1) is 6.61 Å². The van der Waals surface area contributed by atoms with E-state index in [-0.39, 0.29) is 29.6 Å². The summed E-state index contributed by atoms with van der Waals surface area (Å²) >= 11 is 0. The van der Waals surface area contributed by atoms with Gasteiger partial charge in [-0.05, 0) is 6.42 Å². The van der Waals surface area contributed by atoms with Gasteiger partial charge in [-0.1, -0.05) is 32.6 Å². The Bertz CT molecular complexity index is 83.1. The molecule has 0 aromatic heterocycles. The van der Waals surface area contributed by atoms with Crippen molar-refractivity contribution >= 4 is 38.2 Å². The van der Waals surface area contributed by atoms with Gasteiger partial charge in [0.1, 0.15) is 0 Å². The molecule has 70 valence electrons. The number of unbranched alkanes of at least 4 members (excludes halogenated alkanes) is 4. The first kappa shape index (κ1) is 15.8. The summed E-state index contributed by atoms with van der Waals surface area (Å²) in [6.07, 6.45) is 5.76. The van der Waals surface area contributed by atoms with E-state index in [1.165, 1.54) is 19.3 Å². The first-order valence-corrected chi connectivity index (χ1v) is 5.24. The van der Waals surface area contributed by atoms with Crippen LogP contribution in [0.1, 0.15) is 39.0 Å². The molecule has 0 saturated carbocycles. The summed E-state index contributed by atoms with van der Waals surface area (Å²) in [6.45, 7) is 2.64. The molecule has 5 heteroatoms. The fourth-order valence-corrected chi connectivity index (χ4v) is 1.14. The molecule has 0 saturated heterocycles. The molecule has 0 fully saturated rings. The Kier molecular flexibility index (Phi) is 16.2. The Morgan fingerprint density at radius 3 is 2.17 bits per heavy atom. The average molecular weight is 204 g/mol. The molecule has 0 bridgehead atoms. The standard InChI is InChI=1S/C7H17O3P.Na.H/c1-2-3-4-5-6-7-10-11(8)9;;/h8-9H,2-7H2,1H3;;. The van der Waals surface area contributed by atoms with Crippen molar-refractivity contribution in [3.8, 4) is 0 Å². The van der Waals surface area contributed by atoms with Crippen molar-refractivity contribution in [3.05, 3.63) is 0 Å². The molecule has 3 nitrogen and oxygen atoms in total. The zero-order chi connectivity index (χ0) is 8.53. The zero-order valence-corrected chi connectivity index (χ0v) is 7.89. The van der Waals surface area contributed by atoms with E-state index in [2.05, 4.69) is 11.4 Å². The van der Waals surface area contributed by atoms with Crippen molar-refractivity contribution in [3.63, 3.8) is 0 Å². The van der Waals surface area contributed by atoms with Crippen molar-refractivity contribution in [1.29, 1.82) is 0 Å². The third-order valence-electron chi connectivity index (χ3n) is 1.45. The van der Waals surface area contributed by atoms with E-state index in [1.807, 2.05) is 0 Å². The molecule has 0 rings (SSSR count). The Hall–Kier alpha value is 1.31. The fraction of sp³-hybridized carbons (Fsp3) is 1.00. The van der Waals surface area contributed by atoms with Gasteiger partial charge >= 0.3 is 38.2 Å². The molecular weight excluding hydrogens is 186 g/mol. The summed E-state index contributed by atoms with van der Waals surface area (Å²) in [5, 5.41) is 0. The minimum absolute atomic E-state index is 0. The first-order chi connectivity index (χ1) is 5.27. The van der Waals surface area contributed by atoms with Gasteiger partial charge in [-0.25, -0.2) is 0 Å². The Balaban J connectivity index is 0. The summed E-state index contributed by atoms with van der Waals surface area (Å²) in [5.74, 6) is 0. The molecule has 0 aliphatic carbocycles. The SMILES string of the molecule is CCCCCCCOP(O)O.[NaH]. The van der Waals surface area contributed by atoms with Gasteiger partial charge in [0.2, 0.25) is 0 Å².